The molecule has 0 saturated carbocycles. The Morgan fingerprint density at radius 1 is 1.08 bits per heavy atom. The van der Waals surface area contributed by atoms with Crippen molar-refractivity contribution in [2.75, 3.05) is 32.2 Å². The fourth-order valence-corrected chi connectivity index (χ4v) is 5.12. The van der Waals surface area contributed by atoms with E-state index >= 15 is 0 Å². The van der Waals surface area contributed by atoms with Gasteiger partial charge in [0.05, 0.1) is 37.5 Å². The summed E-state index contributed by atoms with van der Waals surface area (Å²) in [6.07, 6.45) is 0. The first-order chi connectivity index (χ1) is 18.3. The molecule has 0 spiro atoms. The zero-order chi connectivity index (χ0) is 27.0. The second-order valence-electron chi connectivity index (χ2n) is 10.0. The molecule has 1 saturated heterocycles. The molecule has 3 aromatic carbocycles. The molecule has 2 aliphatic heterocycles. The number of aliphatic hydroxyl groups is 1. The van der Waals surface area contributed by atoms with Gasteiger partial charge in [0.1, 0.15) is 23.9 Å². The number of aliphatic hydroxyl groups excluding tert-OH is 1. The van der Waals surface area contributed by atoms with Crippen LogP contribution in [0.4, 0.5) is 5.69 Å². The molecular formula is C31H32N2O5. The highest BCUT2D eigenvalue weighted by molar-refractivity contribution is 6.46. The van der Waals surface area contributed by atoms with E-state index in [0.717, 1.165) is 22.4 Å². The molecule has 38 heavy (non-hydrogen) atoms. The molecular weight excluding hydrogens is 480 g/mol. The minimum atomic E-state index is -0.758. The van der Waals surface area contributed by atoms with Gasteiger partial charge >= 0.3 is 0 Å². The molecule has 0 bridgehead atoms. The summed E-state index contributed by atoms with van der Waals surface area (Å²) < 4.78 is 11.2. The maximum absolute atomic E-state index is 13.5. The second-order valence-corrected chi connectivity index (χ2v) is 10.0. The highest BCUT2D eigenvalue weighted by Gasteiger charge is 2.46. The van der Waals surface area contributed by atoms with Crippen molar-refractivity contribution in [1.29, 1.82) is 0 Å². The molecule has 1 amide bonds. The van der Waals surface area contributed by atoms with E-state index in [2.05, 4.69) is 13.8 Å². The smallest absolute Gasteiger partial charge is 0.295 e. The number of carbonyl (C=O) groups is 2. The number of fused-ring (bicyclic) bond motifs is 1. The van der Waals surface area contributed by atoms with E-state index in [-0.39, 0.29) is 17.9 Å². The molecule has 0 radical (unpaired) electrons. The normalized spacial score (nSPS) is 18.5. The van der Waals surface area contributed by atoms with Gasteiger partial charge in [-0.1, -0.05) is 56.3 Å². The third kappa shape index (κ3) is 4.49. The van der Waals surface area contributed by atoms with Crippen LogP contribution in [0.5, 0.6) is 11.5 Å². The molecule has 2 heterocycles. The molecule has 0 aromatic heterocycles. The van der Waals surface area contributed by atoms with E-state index < -0.39 is 17.7 Å². The van der Waals surface area contributed by atoms with Crippen molar-refractivity contribution < 1.29 is 24.2 Å². The summed E-state index contributed by atoms with van der Waals surface area (Å²) in [7, 11) is 3.53. The van der Waals surface area contributed by atoms with Gasteiger partial charge in [0.15, 0.2) is 0 Å². The Morgan fingerprint density at radius 3 is 2.53 bits per heavy atom. The van der Waals surface area contributed by atoms with Crippen molar-refractivity contribution in [3.8, 4) is 11.5 Å². The first-order valence-corrected chi connectivity index (χ1v) is 12.8. The van der Waals surface area contributed by atoms with Crippen LogP contribution in [0.25, 0.3) is 5.76 Å². The number of anilines is 1. The number of carbonyl (C=O) groups excluding carboxylic acids is 2. The van der Waals surface area contributed by atoms with Crippen LogP contribution in [0.1, 0.15) is 48.1 Å². The van der Waals surface area contributed by atoms with Gasteiger partial charge in [-0.05, 0) is 41.3 Å². The highest BCUT2D eigenvalue weighted by Crippen LogP contribution is 2.42. The predicted molar refractivity (Wildman–Crippen MR) is 147 cm³/mol. The molecule has 1 unspecified atom stereocenters. The van der Waals surface area contributed by atoms with Crippen LogP contribution >= 0.6 is 0 Å². The molecule has 1 atom stereocenters. The largest absolute Gasteiger partial charge is 0.507 e. The lowest BCUT2D eigenvalue weighted by atomic mass is 9.93. The second kappa shape index (κ2) is 10.2. The van der Waals surface area contributed by atoms with Crippen LogP contribution < -0.4 is 14.4 Å². The number of ketones is 1. The van der Waals surface area contributed by atoms with Crippen molar-refractivity contribution in [3.63, 3.8) is 0 Å². The van der Waals surface area contributed by atoms with E-state index in [1.54, 1.807) is 25.3 Å². The predicted octanol–water partition coefficient (Wildman–Crippen LogP) is 5.27. The number of nitrogens with zero attached hydrogens (tertiary/aromatic N) is 2. The average Bonchev–Trinajstić information content (AvgIpc) is 3.18. The highest BCUT2D eigenvalue weighted by atomic mass is 16.5. The molecule has 7 nitrogen and oxygen atoms in total. The molecule has 1 fully saturated rings. The van der Waals surface area contributed by atoms with Gasteiger partial charge in [0, 0.05) is 18.2 Å². The summed E-state index contributed by atoms with van der Waals surface area (Å²) in [4.78, 5) is 30.5. The number of likely N-dealkylation sites (N-methyl/N-ethyl adjacent to an activating group) is 1. The number of hydrogen-bond acceptors (Lipinski definition) is 6. The van der Waals surface area contributed by atoms with Crippen molar-refractivity contribution in [3.05, 3.63) is 94.6 Å². The Kier molecular flexibility index (Phi) is 6.85. The van der Waals surface area contributed by atoms with Crippen LogP contribution in [-0.2, 0) is 16.1 Å². The van der Waals surface area contributed by atoms with Crippen molar-refractivity contribution in [1.82, 2.24) is 4.90 Å². The first-order valence-electron chi connectivity index (χ1n) is 12.8. The summed E-state index contributed by atoms with van der Waals surface area (Å²) in [5.74, 6) is 0.101. The zero-order valence-corrected chi connectivity index (χ0v) is 22.1. The van der Waals surface area contributed by atoms with E-state index in [4.69, 9.17) is 9.47 Å². The average molecular weight is 513 g/mol. The molecule has 5 rings (SSSR count). The molecule has 1 N–H and O–H groups in total. The quantitative estimate of drug-likeness (QED) is 0.275. The van der Waals surface area contributed by atoms with Crippen molar-refractivity contribution in [2.24, 2.45) is 0 Å². The third-order valence-corrected chi connectivity index (χ3v) is 7.32. The minimum Gasteiger partial charge on any atom is -0.507 e. The summed E-state index contributed by atoms with van der Waals surface area (Å²) in [6, 6.07) is 19.9. The van der Waals surface area contributed by atoms with Gasteiger partial charge in [-0.2, -0.15) is 0 Å². The lowest BCUT2D eigenvalue weighted by Gasteiger charge is -2.28. The fraction of sp³-hybridized carbons (Fsp3) is 0.290. The van der Waals surface area contributed by atoms with E-state index in [1.165, 1.54) is 4.90 Å². The third-order valence-electron chi connectivity index (χ3n) is 7.32. The van der Waals surface area contributed by atoms with Crippen LogP contribution in [0.2, 0.25) is 0 Å². The standard InChI is InChI=1S/C31H32N2O5/c1-19(2)20-9-11-21(12-10-20)28-27(29(34)22-13-14-26-24(17-22)32(3)15-16-38-26)30(35)31(36)33(28)18-23-7-5-6-8-25(23)37-4/h5-14,17,19,28,34H,15-16,18H2,1-4H3/b29-27-. The number of benzene rings is 3. The number of methoxy groups -OCH3 is 1. The Labute approximate surface area is 222 Å². The molecule has 2 aliphatic rings. The van der Waals surface area contributed by atoms with Gasteiger partial charge in [-0.3, -0.25) is 9.59 Å². The summed E-state index contributed by atoms with van der Waals surface area (Å²) in [5, 5.41) is 11.6. The van der Waals surface area contributed by atoms with Crippen LogP contribution in [0.15, 0.2) is 72.3 Å². The van der Waals surface area contributed by atoms with Crippen molar-refractivity contribution >= 4 is 23.1 Å². The Bertz CT molecular complexity index is 1410. The van der Waals surface area contributed by atoms with E-state index in [1.807, 2.05) is 60.5 Å². The fourth-order valence-electron chi connectivity index (χ4n) is 5.12. The topological polar surface area (TPSA) is 79.3 Å². The molecule has 7 heteroatoms. The lowest BCUT2D eigenvalue weighted by Crippen LogP contribution is -2.29. The van der Waals surface area contributed by atoms with Crippen LogP contribution in [0.3, 0.4) is 0 Å². The van der Waals surface area contributed by atoms with Gasteiger partial charge in [0.25, 0.3) is 11.7 Å². The maximum Gasteiger partial charge on any atom is 0.295 e. The number of ether oxygens (including phenoxy) is 2. The number of Topliss-reactive ketones (excluding diaryl/α,β-unsaturated/α-hetero) is 1. The number of amides is 1. The Hall–Kier alpha value is -4.26. The maximum atomic E-state index is 13.5. The summed E-state index contributed by atoms with van der Waals surface area (Å²) in [5.41, 5.74) is 4.02. The summed E-state index contributed by atoms with van der Waals surface area (Å²) in [6.45, 7) is 5.67. The van der Waals surface area contributed by atoms with Crippen LogP contribution in [0, 0.1) is 0 Å². The zero-order valence-electron chi connectivity index (χ0n) is 22.1. The lowest BCUT2D eigenvalue weighted by molar-refractivity contribution is -0.140. The Balaban J connectivity index is 1.64. The number of para-hydroxylation sites is 1. The van der Waals surface area contributed by atoms with E-state index in [9.17, 15) is 14.7 Å². The van der Waals surface area contributed by atoms with Crippen molar-refractivity contribution in [2.45, 2.75) is 32.4 Å². The van der Waals surface area contributed by atoms with Crippen LogP contribution in [-0.4, -0.2) is 49.0 Å². The number of hydrogen-bond donors (Lipinski definition) is 1. The van der Waals surface area contributed by atoms with Gasteiger partial charge < -0.3 is 24.4 Å². The Morgan fingerprint density at radius 2 is 1.82 bits per heavy atom. The number of likely N-dealkylation sites (tertiary alicyclic amines) is 1. The monoisotopic (exact) mass is 512 g/mol. The van der Waals surface area contributed by atoms with E-state index in [0.29, 0.717) is 36.1 Å². The first kappa shape index (κ1) is 25.4. The molecule has 196 valence electrons. The van der Waals surface area contributed by atoms with Gasteiger partial charge in [-0.25, -0.2) is 0 Å². The van der Waals surface area contributed by atoms with Gasteiger partial charge in [0.2, 0.25) is 0 Å². The SMILES string of the molecule is COc1ccccc1CN1C(=O)C(=O)/C(=C(\O)c2ccc3c(c2)N(C)CCO3)C1c1ccc(C(C)C)cc1. The molecule has 0 aliphatic carbocycles. The molecule has 3 aromatic rings. The summed E-state index contributed by atoms with van der Waals surface area (Å²) >= 11 is 0. The minimum absolute atomic E-state index is 0.0709. The van der Waals surface area contributed by atoms with Gasteiger partial charge in [-0.15, -0.1) is 0 Å². The number of rotatable bonds is 6.